The molecule has 0 aromatic heterocycles. The number of hydrogen-bond acceptors (Lipinski definition) is 2. The smallest absolute Gasteiger partial charge is 0.126 e. The molecule has 29 heavy (non-hydrogen) atoms. The minimum absolute atomic E-state index is 0.0904. The van der Waals surface area contributed by atoms with Gasteiger partial charge in [-0.1, -0.05) is 96.1 Å². The fourth-order valence-corrected chi connectivity index (χ4v) is 5.18. The molecule has 2 nitrogen and oxygen atoms in total. The molecule has 0 fully saturated rings. The average Bonchev–Trinajstić information content (AvgIpc) is 2.74. The Hall–Kier alpha value is -2.75. The second-order valence-electron chi connectivity index (χ2n) is 7.56. The molecule has 0 aliphatic carbocycles. The normalized spacial score (nSPS) is 12.8. The standard InChI is InChI=1S/C26H24O2S/c1-19-10-14-22(15-11-19)26(27,23-16-12-20(2)13-17-23)18-29(28)25-9-5-7-21-6-3-4-8-24(21)25/h3-17,27H,18H2,1-2H3. The third-order valence-electron chi connectivity index (χ3n) is 5.39. The molecule has 4 aromatic rings. The zero-order valence-electron chi connectivity index (χ0n) is 16.6. The maximum Gasteiger partial charge on any atom is 0.126 e. The quantitative estimate of drug-likeness (QED) is 0.480. The molecule has 1 atom stereocenters. The molecule has 4 aromatic carbocycles. The van der Waals surface area contributed by atoms with E-state index in [0.29, 0.717) is 0 Å². The summed E-state index contributed by atoms with van der Waals surface area (Å²) in [6, 6.07) is 29.4. The summed E-state index contributed by atoms with van der Waals surface area (Å²) in [7, 11) is -1.39. The lowest BCUT2D eigenvalue weighted by Gasteiger charge is -2.29. The molecule has 1 N–H and O–H groups in total. The molecule has 0 saturated carbocycles. The highest BCUT2D eigenvalue weighted by Crippen LogP contribution is 2.33. The Morgan fingerprint density at radius 1 is 0.724 bits per heavy atom. The van der Waals surface area contributed by atoms with Crippen LogP contribution in [0.5, 0.6) is 0 Å². The largest absolute Gasteiger partial charge is 0.379 e. The van der Waals surface area contributed by atoms with Crippen molar-refractivity contribution in [3.8, 4) is 0 Å². The minimum Gasteiger partial charge on any atom is -0.379 e. The number of rotatable bonds is 5. The third kappa shape index (κ3) is 3.89. The van der Waals surface area contributed by atoms with Crippen LogP contribution < -0.4 is 0 Å². The Kier molecular flexibility index (Phi) is 5.35. The van der Waals surface area contributed by atoms with Crippen molar-refractivity contribution >= 4 is 21.6 Å². The Labute approximate surface area is 174 Å². The van der Waals surface area contributed by atoms with Crippen LogP contribution in [0.3, 0.4) is 0 Å². The van der Waals surface area contributed by atoms with Crippen LogP contribution in [0.4, 0.5) is 0 Å². The van der Waals surface area contributed by atoms with E-state index >= 15 is 0 Å². The molecular formula is C26H24O2S. The van der Waals surface area contributed by atoms with Gasteiger partial charge in [0.25, 0.3) is 0 Å². The highest BCUT2D eigenvalue weighted by atomic mass is 32.2. The van der Waals surface area contributed by atoms with E-state index in [1.54, 1.807) is 0 Å². The van der Waals surface area contributed by atoms with Crippen molar-refractivity contribution in [3.63, 3.8) is 0 Å². The van der Waals surface area contributed by atoms with E-state index in [1.807, 2.05) is 105 Å². The number of benzene rings is 4. The molecule has 0 saturated heterocycles. The van der Waals surface area contributed by atoms with Gasteiger partial charge in [0, 0.05) is 4.90 Å². The number of hydrogen-bond donors (Lipinski definition) is 1. The first-order chi connectivity index (χ1) is 14.0. The molecule has 0 aliphatic rings. The van der Waals surface area contributed by atoms with Gasteiger partial charge in [-0.15, -0.1) is 0 Å². The zero-order valence-corrected chi connectivity index (χ0v) is 17.4. The van der Waals surface area contributed by atoms with Crippen molar-refractivity contribution in [2.75, 3.05) is 5.75 Å². The van der Waals surface area contributed by atoms with Gasteiger partial charge >= 0.3 is 0 Å². The van der Waals surface area contributed by atoms with Crippen molar-refractivity contribution in [2.24, 2.45) is 0 Å². The summed E-state index contributed by atoms with van der Waals surface area (Å²) in [6.07, 6.45) is 0. The van der Waals surface area contributed by atoms with Crippen molar-refractivity contribution in [1.82, 2.24) is 0 Å². The predicted octanol–water partition coefficient (Wildman–Crippen LogP) is 5.50. The van der Waals surface area contributed by atoms with Crippen LogP contribution in [0.2, 0.25) is 0 Å². The lowest BCUT2D eigenvalue weighted by atomic mass is 9.87. The summed E-state index contributed by atoms with van der Waals surface area (Å²) >= 11 is 0. The molecule has 0 bridgehead atoms. The molecule has 0 amide bonds. The van der Waals surface area contributed by atoms with Crippen LogP contribution in [0, 0.1) is 13.8 Å². The molecule has 0 spiro atoms. The van der Waals surface area contributed by atoms with Gasteiger partial charge in [0.15, 0.2) is 0 Å². The van der Waals surface area contributed by atoms with Crippen LogP contribution >= 0.6 is 0 Å². The van der Waals surface area contributed by atoms with Gasteiger partial charge in [-0.25, -0.2) is 0 Å². The number of aryl methyl sites for hydroxylation is 2. The maximum absolute atomic E-state index is 13.5. The van der Waals surface area contributed by atoms with E-state index in [1.165, 1.54) is 0 Å². The highest BCUT2D eigenvalue weighted by Gasteiger charge is 2.34. The lowest BCUT2D eigenvalue weighted by Crippen LogP contribution is -2.34. The van der Waals surface area contributed by atoms with Gasteiger partial charge in [0.05, 0.1) is 16.6 Å². The monoisotopic (exact) mass is 400 g/mol. The summed E-state index contributed by atoms with van der Waals surface area (Å²) in [5.74, 6) is 0.0904. The second-order valence-corrected chi connectivity index (χ2v) is 8.98. The van der Waals surface area contributed by atoms with Gasteiger partial charge in [-0.05, 0) is 41.8 Å². The van der Waals surface area contributed by atoms with Crippen molar-refractivity contribution in [3.05, 3.63) is 113 Å². The van der Waals surface area contributed by atoms with Crippen LogP contribution in [0.25, 0.3) is 10.8 Å². The lowest BCUT2D eigenvalue weighted by molar-refractivity contribution is 0.106. The molecule has 146 valence electrons. The summed E-state index contributed by atoms with van der Waals surface area (Å²) in [4.78, 5) is 0.751. The van der Waals surface area contributed by atoms with Crippen molar-refractivity contribution in [1.29, 1.82) is 0 Å². The maximum atomic E-state index is 13.5. The number of aliphatic hydroxyl groups is 1. The molecule has 0 radical (unpaired) electrons. The Morgan fingerprint density at radius 2 is 1.24 bits per heavy atom. The molecular weight excluding hydrogens is 376 g/mol. The van der Waals surface area contributed by atoms with Gasteiger partial charge in [0.1, 0.15) is 5.60 Å². The van der Waals surface area contributed by atoms with E-state index < -0.39 is 16.4 Å². The summed E-state index contributed by atoms with van der Waals surface area (Å²) in [5, 5.41) is 13.9. The van der Waals surface area contributed by atoms with Crippen LogP contribution in [-0.4, -0.2) is 15.1 Å². The summed E-state index contributed by atoms with van der Waals surface area (Å²) < 4.78 is 13.5. The van der Waals surface area contributed by atoms with E-state index in [4.69, 9.17) is 0 Å². The summed E-state index contributed by atoms with van der Waals surface area (Å²) in [5.41, 5.74) is 2.40. The third-order valence-corrected chi connectivity index (χ3v) is 6.92. The Balaban J connectivity index is 1.80. The number of fused-ring (bicyclic) bond motifs is 1. The fourth-order valence-electron chi connectivity index (χ4n) is 3.65. The van der Waals surface area contributed by atoms with Crippen LogP contribution in [0.15, 0.2) is 95.9 Å². The van der Waals surface area contributed by atoms with Gasteiger partial charge in [-0.2, -0.15) is 0 Å². The van der Waals surface area contributed by atoms with Gasteiger partial charge in [0.2, 0.25) is 0 Å². The van der Waals surface area contributed by atoms with E-state index in [2.05, 4.69) is 0 Å². The van der Waals surface area contributed by atoms with E-state index in [-0.39, 0.29) is 5.75 Å². The first-order valence-corrected chi connectivity index (χ1v) is 11.0. The highest BCUT2D eigenvalue weighted by molar-refractivity contribution is 7.85. The topological polar surface area (TPSA) is 37.3 Å². The van der Waals surface area contributed by atoms with Crippen molar-refractivity contribution in [2.45, 2.75) is 24.3 Å². The summed E-state index contributed by atoms with van der Waals surface area (Å²) in [6.45, 7) is 4.03. The van der Waals surface area contributed by atoms with Gasteiger partial charge < -0.3 is 5.11 Å². The Bertz CT molecular complexity index is 1110. The van der Waals surface area contributed by atoms with Crippen LogP contribution in [-0.2, 0) is 16.4 Å². The second kappa shape index (κ2) is 7.94. The predicted molar refractivity (Wildman–Crippen MR) is 121 cm³/mol. The first-order valence-electron chi connectivity index (χ1n) is 9.70. The van der Waals surface area contributed by atoms with Gasteiger partial charge in [-0.3, -0.25) is 4.21 Å². The van der Waals surface area contributed by atoms with Crippen LogP contribution in [0.1, 0.15) is 22.3 Å². The zero-order chi connectivity index (χ0) is 20.4. The van der Waals surface area contributed by atoms with Crippen molar-refractivity contribution < 1.29 is 9.32 Å². The molecule has 4 rings (SSSR count). The fraction of sp³-hybridized carbons (Fsp3) is 0.154. The molecule has 0 aliphatic heterocycles. The first kappa shape index (κ1) is 19.6. The SMILES string of the molecule is Cc1ccc(C(O)(CS(=O)c2cccc3ccccc23)c2ccc(C)cc2)cc1. The molecule has 1 unspecified atom stereocenters. The molecule has 3 heteroatoms. The average molecular weight is 401 g/mol. The minimum atomic E-state index is -1.39. The van der Waals surface area contributed by atoms with E-state index in [9.17, 15) is 9.32 Å². The molecule has 0 heterocycles. The Morgan fingerprint density at radius 3 is 1.83 bits per heavy atom. The van der Waals surface area contributed by atoms with E-state index in [0.717, 1.165) is 37.9 Å².